The Kier molecular flexibility index (Phi) is 6.66. The van der Waals surface area contributed by atoms with Crippen molar-refractivity contribution in [2.45, 2.75) is 25.8 Å². The molecule has 1 aliphatic heterocycles. The maximum atomic E-state index is 12.6. The highest BCUT2D eigenvalue weighted by Gasteiger charge is 2.29. The molecule has 0 N–H and O–H groups in total. The second-order valence-corrected chi connectivity index (χ2v) is 6.79. The first-order valence-electron chi connectivity index (χ1n) is 8.99. The number of rotatable bonds is 7. The summed E-state index contributed by atoms with van der Waals surface area (Å²) in [4.78, 5) is 30.3. The Morgan fingerprint density at radius 3 is 2.73 bits per heavy atom. The molecule has 1 heterocycles. The first kappa shape index (κ1) is 19.8. The molecule has 1 aromatic rings. The highest BCUT2D eigenvalue weighted by Crippen LogP contribution is 2.34. The molecule has 1 atom stereocenters. The third-order valence-electron chi connectivity index (χ3n) is 4.58. The molecular weight excluding hydrogens is 330 g/mol. The quantitative estimate of drug-likeness (QED) is 0.702. The topological polar surface area (TPSA) is 53.1 Å². The zero-order chi connectivity index (χ0) is 19.3. The number of nitrogens with zero attached hydrogens (tertiary/aromatic N) is 3. The number of anilines is 1. The van der Waals surface area contributed by atoms with Gasteiger partial charge in [0.15, 0.2) is 0 Å². The third-order valence-corrected chi connectivity index (χ3v) is 4.58. The van der Waals surface area contributed by atoms with Crippen LogP contribution in [0.5, 0.6) is 5.75 Å². The van der Waals surface area contributed by atoms with E-state index in [0.717, 1.165) is 24.4 Å². The summed E-state index contributed by atoms with van der Waals surface area (Å²) >= 11 is 0. The van der Waals surface area contributed by atoms with E-state index in [2.05, 4.69) is 13.5 Å². The lowest BCUT2D eigenvalue weighted by atomic mass is 10.1. The van der Waals surface area contributed by atoms with Crippen molar-refractivity contribution in [3.05, 3.63) is 36.4 Å². The average molecular weight is 359 g/mol. The number of amides is 2. The monoisotopic (exact) mass is 359 g/mol. The van der Waals surface area contributed by atoms with Gasteiger partial charge in [-0.3, -0.25) is 9.59 Å². The van der Waals surface area contributed by atoms with Crippen LogP contribution in [0, 0.1) is 0 Å². The van der Waals surface area contributed by atoms with Crippen LogP contribution in [-0.4, -0.2) is 68.5 Å². The number of benzene rings is 1. The fraction of sp³-hybridized carbons (Fsp3) is 0.500. The Balaban J connectivity index is 2.16. The van der Waals surface area contributed by atoms with Gasteiger partial charge in [0.25, 0.3) is 5.91 Å². The van der Waals surface area contributed by atoms with E-state index in [9.17, 15) is 9.59 Å². The Morgan fingerprint density at radius 2 is 2.12 bits per heavy atom. The van der Waals surface area contributed by atoms with Crippen LogP contribution in [-0.2, 0) is 4.79 Å². The number of hydrogen-bond acceptors (Lipinski definition) is 4. The van der Waals surface area contributed by atoms with Gasteiger partial charge in [-0.2, -0.15) is 0 Å². The molecule has 0 bridgehead atoms. The SMILES string of the molecule is C=CCN(CCC)C(=O)CC1COc2ccc(C(=O)N(C)C)cc2N1C. The summed E-state index contributed by atoms with van der Waals surface area (Å²) in [6.07, 6.45) is 3.04. The van der Waals surface area contributed by atoms with E-state index in [4.69, 9.17) is 4.74 Å². The van der Waals surface area contributed by atoms with Crippen molar-refractivity contribution in [2.24, 2.45) is 0 Å². The normalized spacial score (nSPS) is 15.7. The molecule has 0 aromatic heterocycles. The molecule has 0 saturated carbocycles. The van der Waals surface area contributed by atoms with Crippen LogP contribution >= 0.6 is 0 Å². The zero-order valence-electron chi connectivity index (χ0n) is 16.2. The minimum absolute atomic E-state index is 0.0560. The average Bonchev–Trinajstić information content (AvgIpc) is 2.62. The maximum Gasteiger partial charge on any atom is 0.253 e. The van der Waals surface area contributed by atoms with E-state index >= 15 is 0 Å². The highest BCUT2D eigenvalue weighted by molar-refractivity contribution is 5.95. The minimum atomic E-state index is -0.0659. The van der Waals surface area contributed by atoms with Crippen LogP contribution in [0.15, 0.2) is 30.9 Å². The molecule has 26 heavy (non-hydrogen) atoms. The molecule has 6 heteroatoms. The van der Waals surface area contributed by atoms with Crippen molar-refractivity contribution >= 4 is 17.5 Å². The highest BCUT2D eigenvalue weighted by atomic mass is 16.5. The van der Waals surface area contributed by atoms with E-state index < -0.39 is 0 Å². The molecule has 0 saturated heterocycles. The van der Waals surface area contributed by atoms with E-state index in [1.807, 2.05) is 29.0 Å². The molecular formula is C20H29N3O3. The van der Waals surface area contributed by atoms with Crippen molar-refractivity contribution in [1.82, 2.24) is 9.80 Å². The molecule has 142 valence electrons. The summed E-state index contributed by atoms with van der Waals surface area (Å²) < 4.78 is 5.84. The molecule has 6 nitrogen and oxygen atoms in total. The number of carbonyl (C=O) groups excluding carboxylic acids is 2. The van der Waals surface area contributed by atoms with Crippen LogP contribution in [0.1, 0.15) is 30.1 Å². The van der Waals surface area contributed by atoms with Crippen LogP contribution in [0.4, 0.5) is 5.69 Å². The fourth-order valence-corrected chi connectivity index (χ4v) is 3.07. The Hall–Kier alpha value is -2.50. The molecule has 2 amide bonds. The lowest BCUT2D eigenvalue weighted by Gasteiger charge is -2.36. The molecule has 0 fully saturated rings. The number of ether oxygens (including phenoxy) is 1. The maximum absolute atomic E-state index is 12.6. The molecule has 0 radical (unpaired) electrons. The van der Waals surface area contributed by atoms with Gasteiger partial charge in [0.1, 0.15) is 12.4 Å². The van der Waals surface area contributed by atoms with Gasteiger partial charge in [-0.05, 0) is 24.6 Å². The third kappa shape index (κ3) is 4.36. The van der Waals surface area contributed by atoms with Crippen LogP contribution in [0.3, 0.4) is 0 Å². The zero-order valence-corrected chi connectivity index (χ0v) is 16.2. The lowest BCUT2D eigenvalue weighted by molar-refractivity contribution is -0.131. The fourth-order valence-electron chi connectivity index (χ4n) is 3.07. The summed E-state index contributed by atoms with van der Waals surface area (Å²) in [7, 11) is 5.40. The van der Waals surface area contributed by atoms with Gasteiger partial charge in [-0.25, -0.2) is 0 Å². The predicted molar refractivity (Wildman–Crippen MR) is 104 cm³/mol. The van der Waals surface area contributed by atoms with Gasteiger partial charge >= 0.3 is 0 Å². The van der Waals surface area contributed by atoms with Crippen LogP contribution < -0.4 is 9.64 Å². The van der Waals surface area contributed by atoms with Gasteiger partial charge in [0.2, 0.25) is 5.91 Å². The molecule has 1 aromatic carbocycles. The minimum Gasteiger partial charge on any atom is -0.489 e. The lowest BCUT2D eigenvalue weighted by Crippen LogP contribution is -2.45. The van der Waals surface area contributed by atoms with Crippen molar-refractivity contribution < 1.29 is 14.3 Å². The van der Waals surface area contributed by atoms with E-state index in [1.165, 1.54) is 0 Å². The first-order valence-corrected chi connectivity index (χ1v) is 8.99. The molecule has 1 aliphatic rings. The Labute approximate surface area is 156 Å². The van der Waals surface area contributed by atoms with Gasteiger partial charge in [-0.15, -0.1) is 6.58 Å². The summed E-state index contributed by atoms with van der Waals surface area (Å²) in [6.45, 7) is 7.52. The van der Waals surface area contributed by atoms with Crippen molar-refractivity contribution in [1.29, 1.82) is 0 Å². The van der Waals surface area contributed by atoms with Gasteiger partial charge in [0.05, 0.1) is 18.2 Å². The van der Waals surface area contributed by atoms with Crippen molar-refractivity contribution in [3.8, 4) is 5.75 Å². The molecule has 0 spiro atoms. The van der Waals surface area contributed by atoms with Crippen LogP contribution in [0.2, 0.25) is 0 Å². The van der Waals surface area contributed by atoms with E-state index in [0.29, 0.717) is 25.1 Å². The second kappa shape index (κ2) is 8.74. The summed E-state index contributed by atoms with van der Waals surface area (Å²) in [5, 5.41) is 0. The van der Waals surface area contributed by atoms with Gasteiger partial charge in [-0.1, -0.05) is 13.0 Å². The smallest absolute Gasteiger partial charge is 0.253 e. The largest absolute Gasteiger partial charge is 0.489 e. The Morgan fingerprint density at radius 1 is 1.38 bits per heavy atom. The number of fused-ring (bicyclic) bond motifs is 1. The standard InChI is InChI=1S/C20H29N3O3/c1-6-10-23(11-7-2)19(24)13-16-14-26-18-9-8-15(20(25)21(3)4)12-17(18)22(16)5/h6,8-9,12,16H,1,7,10-11,13-14H2,2-5H3. The summed E-state index contributed by atoms with van der Waals surface area (Å²) in [5.74, 6) is 0.777. The van der Waals surface area contributed by atoms with Crippen LogP contribution in [0.25, 0.3) is 0 Å². The number of hydrogen-bond donors (Lipinski definition) is 0. The summed E-state index contributed by atoms with van der Waals surface area (Å²) in [5.41, 5.74) is 1.45. The predicted octanol–water partition coefficient (Wildman–Crippen LogP) is 2.40. The first-order chi connectivity index (χ1) is 12.4. The van der Waals surface area contributed by atoms with E-state index in [1.54, 1.807) is 31.1 Å². The number of carbonyl (C=O) groups is 2. The molecule has 1 unspecified atom stereocenters. The van der Waals surface area contributed by atoms with Crippen molar-refractivity contribution in [2.75, 3.05) is 45.7 Å². The Bertz CT molecular complexity index is 672. The molecule has 0 aliphatic carbocycles. The molecule has 2 rings (SSSR count). The van der Waals surface area contributed by atoms with Gasteiger partial charge in [0, 0.05) is 39.8 Å². The van der Waals surface area contributed by atoms with E-state index in [-0.39, 0.29) is 17.9 Å². The van der Waals surface area contributed by atoms with Gasteiger partial charge < -0.3 is 19.4 Å². The van der Waals surface area contributed by atoms with Crippen molar-refractivity contribution in [3.63, 3.8) is 0 Å². The summed E-state index contributed by atoms with van der Waals surface area (Å²) in [6, 6.07) is 5.36. The number of likely N-dealkylation sites (N-methyl/N-ethyl adjacent to an activating group) is 1. The second-order valence-electron chi connectivity index (χ2n) is 6.79.